The third kappa shape index (κ3) is 4.06. The highest BCUT2D eigenvalue weighted by molar-refractivity contribution is 9.10. The molecule has 0 saturated heterocycles. The Morgan fingerprint density at radius 3 is 2.80 bits per heavy atom. The minimum atomic E-state index is 0.0119. The van der Waals surface area contributed by atoms with Gasteiger partial charge in [0.05, 0.1) is 6.04 Å². The molecule has 1 aromatic rings. The van der Waals surface area contributed by atoms with Crippen molar-refractivity contribution in [1.29, 1.82) is 0 Å². The molecule has 1 amide bonds. The average molecular weight is 339 g/mol. The highest BCUT2D eigenvalue weighted by Gasteiger charge is 2.24. The van der Waals surface area contributed by atoms with Crippen LogP contribution in [0, 0.1) is 5.92 Å². The van der Waals surface area contributed by atoms with Gasteiger partial charge in [0, 0.05) is 16.9 Å². The van der Waals surface area contributed by atoms with E-state index in [0.717, 1.165) is 22.9 Å². The van der Waals surface area contributed by atoms with E-state index in [1.165, 1.54) is 12.8 Å². The molecule has 20 heavy (non-hydrogen) atoms. The van der Waals surface area contributed by atoms with E-state index in [2.05, 4.69) is 21.2 Å². The number of carbonyl (C=O) groups is 1. The fraction of sp³-hybridized carbons (Fsp3) is 0.562. The van der Waals surface area contributed by atoms with Gasteiger partial charge in [-0.15, -0.1) is 0 Å². The lowest BCUT2D eigenvalue weighted by Crippen LogP contribution is -2.37. The summed E-state index contributed by atoms with van der Waals surface area (Å²) in [6.45, 7) is 2.01. The first-order chi connectivity index (χ1) is 9.58. The van der Waals surface area contributed by atoms with Gasteiger partial charge in [0.25, 0.3) is 0 Å². The van der Waals surface area contributed by atoms with Crippen LogP contribution in [-0.4, -0.2) is 11.9 Å². The van der Waals surface area contributed by atoms with Crippen molar-refractivity contribution in [3.8, 4) is 0 Å². The zero-order chi connectivity index (χ0) is 14.5. The minimum Gasteiger partial charge on any atom is -0.350 e. The first-order valence-electron chi connectivity index (χ1n) is 7.37. The lowest BCUT2D eigenvalue weighted by Gasteiger charge is -2.28. The van der Waals surface area contributed by atoms with Crippen LogP contribution in [0.3, 0.4) is 0 Å². The summed E-state index contributed by atoms with van der Waals surface area (Å²) in [7, 11) is 0. The summed E-state index contributed by atoms with van der Waals surface area (Å²) in [5.74, 6) is 0.450. The highest BCUT2D eigenvalue weighted by Crippen LogP contribution is 2.27. The van der Waals surface area contributed by atoms with E-state index in [-0.39, 0.29) is 18.0 Å². The van der Waals surface area contributed by atoms with Gasteiger partial charge in [0.1, 0.15) is 0 Å². The summed E-state index contributed by atoms with van der Waals surface area (Å²) in [6.07, 6.45) is 5.09. The van der Waals surface area contributed by atoms with Crippen molar-refractivity contribution >= 4 is 21.8 Å². The molecule has 1 aliphatic rings. The summed E-state index contributed by atoms with van der Waals surface area (Å²) in [6, 6.07) is 8.19. The van der Waals surface area contributed by atoms with Crippen LogP contribution in [0.4, 0.5) is 0 Å². The first kappa shape index (κ1) is 15.5. The predicted molar refractivity (Wildman–Crippen MR) is 85.3 cm³/mol. The molecule has 0 aliphatic heterocycles. The maximum absolute atomic E-state index is 12.2. The molecule has 3 atom stereocenters. The van der Waals surface area contributed by atoms with Crippen LogP contribution in [0.2, 0.25) is 0 Å². The van der Waals surface area contributed by atoms with E-state index in [1.54, 1.807) is 0 Å². The number of hydrogen-bond acceptors (Lipinski definition) is 2. The predicted octanol–water partition coefficient (Wildman–Crippen LogP) is 3.53. The molecule has 3 unspecified atom stereocenters. The first-order valence-corrected chi connectivity index (χ1v) is 8.16. The quantitative estimate of drug-likeness (QED) is 0.882. The van der Waals surface area contributed by atoms with Gasteiger partial charge in [-0.05, 0) is 37.3 Å². The molecule has 0 bridgehead atoms. The molecule has 0 spiro atoms. The Hall–Kier alpha value is -0.870. The van der Waals surface area contributed by atoms with Crippen molar-refractivity contribution in [3.05, 3.63) is 34.3 Å². The lowest BCUT2D eigenvalue weighted by molar-refractivity contribution is -0.123. The van der Waals surface area contributed by atoms with Crippen molar-refractivity contribution in [2.45, 2.75) is 51.1 Å². The minimum absolute atomic E-state index is 0.0119. The fourth-order valence-electron chi connectivity index (χ4n) is 2.93. The molecule has 1 aliphatic carbocycles. The molecule has 2 rings (SSSR count). The number of rotatable bonds is 4. The smallest absolute Gasteiger partial charge is 0.220 e. The number of hydrogen-bond donors (Lipinski definition) is 2. The van der Waals surface area contributed by atoms with Crippen molar-refractivity contribution in [3.63, 3.8) is 0 Å². The SMILES string of the molecule is CC(NC(=O)CC1CCCCC1N)c1ccccc1Br. The normalized spacial score (nSPS) is 24.1. The summed E-state index contributed by atoms with van der Waals surface area (Å²) in [5, 5.41) is 3.08. The van der Waals surface area contributed by atoms with Gasteiger partial charge in [-0.25, -0.2) is 0 Å². The second kappa shape index (κ2) is 7.23. The molecule has 0 heterocycles. The van der Waals surface area contributed by atoms with E-state index in [4.69, 9.17) is 5.73 Å². The van der Waals surface area contributed by atoms with Gasteiger partial charge in [-0.1, -0.05) is 47.0 Å². The van der Waals surface area contributed by atoms with Gasteiger partial charge in [0.2, 0.25) is 5.91 Å². The molecular formula is C16H23BrN2O. The molecule has 4 heteroatoms. The summed E-state index contributed by atoms with van der Waals surface area (Å²) in [5.41, 5.74) is 7.21. The Balaban J connectivity index is 1.89. The van der Waals surface area contributed by atoms with E-state index in [0.29, 0.717) is 12.3 Å². The van der Waals surface area contributed by atoms with Crippen LogP contribution >= 0.6 is 15.9 Å². The number of nitrogens with two attached hydrogens (primary N) is 1. The Labute approximate surface area is 129 Å². The Morgan fingerprint density at radius 2 is 2.10 bits per heavy atom. The van der Waals surface area contributed by atoms with Crippen molar-refractivity contribution in [2.24, 2.45) is 11.7 Å². The Kier molecular flexibility index (Phi) is 5.61. The maximum atomic E-state index is 12.2. The van der Waals surface area contributed by atoms with Crippen molar-refractivity contribution in [1.82, 2.24) is 5.32 Å². The lowest BCUT2D eigenvalue weighted by atomic mass is 9.83. The zero-order valence-electron chi connectivity index (χ0n) is 11.9. The van der Waals surface area contributed by atoms with Crippen molar-refractivity contribution < 1.29 is 4.79 Å². The Bertz CT molecular complexity index is 464. The van der Waals surface area contributed by atoms with Gasteiger partial charge in [0.15, 0.2) is 0 Å². The van der Waals surface area contributed by atoms with E-state index < -0.39 is 0 Å². The third-order valence-electron chi connectivity index (χ3n) is 4.16. The topological polar surface area (TPSA) is 55.1 Å². The molecule has 3 N–H and O–H groups in total. The highest BCUT2D eigenvalue weighted by atomic mass is 79.9. The van der Waals surface area contributed by atoms with Crippen LogP contribution in [0.5, 0.6) is 0 Å². The second-order valence-electron chi connectivity index (χ2n) is 5.72. The summed E-state index contributed by atoms with van der Waals surface area (Å²) in [4.78, 5) is 12.2. The van der Waals surface area contributed by atoms with Gasteiger partial charge >= 0.3 is 0 Å². The number of carbonyl (C=O) groups excluding carboxylic acids is 1. The molecule has 0 radical (unpaired) electrons. The second-order valence-corrected chi connectivity index (χ2v) is 6.58. The number of amides is 1. The van der Waals surface area contributed by atoms with Crippen molar-refractivity contribution in [2.75, 3.05) is 0 Å². The monoisotopic (exact) mass is 338 g/mol. The molecule has 1 saturated carbocycles. The molecule has 110 valence electrons. The van der Waals surface area contributed by atoms with Gasteiger partial charge in [-0.3, -0.25) is 4.79 Å². The van der Waals surface area contributed by atoms with E-state index in [1.807, 2.05) is 31.2 Å². The van der Waals surface area contributed by atoms with E-state index >= 15 is 0 Å². The molecular weight excluding hydrogens is 316 g/mol. The number of benzene rings is 1. The average Bonchev–Trinajstić information content (AvgIpc) is 2.41. The molecule has 0 aromatic heterocycles. The van der Waals surface area contributed by atoms with Crippen LogP contribution < -0.4 is 11.1 Å². The van der Waals surface area contributed by atoms with Gasteiger partial charge < -0.3 is 11.1 Å². The third-order valence-corrected chi connectivity index (χ3v) is 4.89. The fourth-order valence-corrected chi connectivity index (χ4v) is 3.56. The largest absolute Gasteiger partial charge is 0.350 e. The molecule has 3 nitrogen and oxygen atoms in total. The zero-order valence-corrected chi connectivity index (χ0v) is 13.5. The van der Waals surface area contributed by atoms with Crippen LogP contribution in [0.25, 0.3) is 0 Å². The Morgan fingerprint density at radius 1 is 1.40 bits per heavy atom. The molecule has 1 fully saturated rings. The molecule has 1 aromatic carbocycles. The van der Waals surface area contributed by atoms with Gasteiger partial charge in [-0.2, -0.15) is 0 Å². The maximum Gasteiger partial charge on any atom is 0.220 e. The summed E-state index contributed by atoms with van der Waals surface area (Å²) >= 11 is 3.52. The van der Waals surface area contributed by atoms with Crippen LogP contribution in [-0.2, 0) is 4.79 Å². The van der Waals surface area contributed by atoms with Crippen LogP contribution in [0.1, 0.15) is 50.6 Å². The number of halogens is 1. The number of nitrogens with one attached hydrogen (secondary N) is 1. The summed E-state index contributed by atoms with van der Waals surface area (Å²) < 4.78 is 1.03. The standard InChI is InChI=1S/C16H23BrN2O/c1-11(13-7-3-4-8-14(13)17)19-16(20)10-12-6-2-5-9-15(12)18/h3-4,7-8,11-12,15H,2,5-6,9-10,18H2,1H3,(H,19,20). The van der Waals surface area contributed by atoms with E-state index in [9.17, 15) is 4.79 Å². The van der Waals surface area contributed by atoms with Crippen LogP contribution in [0.15, 0.2) is 28.7 Å².